The van der Waals surface area contributed by atoms with Gasteiger partial charge in [0.05, 0.1) is 20.3 Å². The van der Waals surface area contributed by atoms with E-state index in [-0.39, 0.29) is 24.5 Å². The molecule has 3 aromatic rings. The molecule has 0 aliphatic carbocycles. The second-order valence-electron chi connectivity index (χ2n) is 6.83. The lowest BCUT2D eigenvalue weighted by Crippen LogP contribution is -2.22. The van der Waals surface area contributed by atoms with Gasteiger partial charge in [-0.15, -0.1) is 12.4 Å². The Hall–Kier alpha value is -2.63. The third kappa shape index (κ3) is 5.10. The molecule has 3 aromatic carbocycles. The van der Waals surface area contributed by atoms with Crippen molar-refractivity contribution < 1.29 is 9.47 Å². The van der Waals surface area contributed by atoms with Crippen LogP contribution >= 0.6 is 24.2 Å². The van der Waals surface area contributed by atoms with Crippen molar-refractivity contribution in [2.45, 2.75) is 17.8 Å². The van der Waals surface area contributed by atoms with Gasteiger partial charge in [-0.3, -0.25) is 4.99 Å². The van der Waals surface area contributed by atoms with Crippen molar-refractivity contribution in [1.29, 1.82) is 0 Å². The number of hydrogen-bond acceptors (Lipinski definition) is 5. The van der Waals surface area contributed by atoms with Crippen molar-refractivity contribution in [3.05, 3.63) is 95.6 Å². The van der Waals surface area contributed by atoms with Crippen molar-refractivity contribution in [3.63, 3.8) is 0 Å². The Kier molecular flexibility index (Phi) is 7.66. The monoisotopic (exact) mass is 440 g/mol. The van der Waals surface area contributed by atoms with Gasteiger partial charge in [0.1, 0.15) is 17.5 Å². The second kappa shape index (κ2) is 10.4. The van der Waals surface area contributed by atoms with E-state index in [4.69, 9.17) is 14.5 Å². The largest absolute Gasteiger partial charge is 0.497 e. The zero-order chi connectivity index (χ0) is 20.1. The molecule has 0 amide bonds. The predicted octanol–water partition coefficient (Wildman–Crippen LogP) is 5.80. The highest BCUT2D eigenvalue weighted by molar-refractivity contribution is 8.13. The molecule has 1 aliphatic heterocycles. The number of thioether (sulfide) groups is 1. The molecule has 2 atom stereocenters. The van der Waals surface area contributed by atoms with Crippen LogP contribution in [0.1, 0.15) is 28.8 Å². The summed E-state index contributed by atoms with van der Waals surface area (Å²) < 4.78 is 10.8. The highest BCUT2D eigenvalue weighted by atomic mass is 35.5. The molecule has 0 saturated carbocycles. The van der Waals surface area contributed by atoms with Gasteiger partial charge < -0.3 is 14.8 Å². The molecule has 0 fully saturated rings. The summed E-state index contributed by atoms with van der Waals surface area (Å²) in [5.41, 5.74) is 3.59. The van der Waals surface area contributed by atoms with Crippen molar-refractivity contribution in [3.8, 4) is 11.5 Å². The van der Waals surface area contributed by atoms with Crippen LogP contribution in [0.15, 0.2) is 83.9 Å². The molecule has 0 bridgehead atoms. The van der Waals surface area contributed by atoms with Gasteiger partial charge in [0, 0.05) is 11.8 Å². The van der Waals surface area contributed by atoms with Crippen molar-refractivity contribution in [2.24, 2.45) is 4.99 Å². The number of aliphatic imine (C=N–C) groups is 1. The molecule has 1 N–H and O–H groups in total. The fraction of sp³-hybridized carbons (Fsp3) is 0.208. The highest BCUT2D eigenvalue weighted by Crippen LogP contribution is 2.38. The molecule has 0 aromatic heterocycles. The average molecular weight is 441 g/mol. The summed E-state index contributed by atoms with van der Waals surface area (Å²) in [5.74, 6) is 2.37. The summed E-state index contributed by atoms with van der Waals surface area (Å²) in [4.78, 5) is 5.02. The summed E-state index contributed by atoms with van der Waals surface area (Å²) in [6, 6.07) is 27.1. The number of nitrogens with zero attached hydrogens (tertiary/aromatic N) is 1. The van der Waals surface area contributed by atoms with Gasteiger partial charge in [-0.05, 0) is 28.8 Å². The van der Waals surface area contributed by atoms with E-state index in [0.717, 1.165) is 28.0 Å². The lowest BCUT2D eigenvalue weighted by atomic mass is 9.95. The fourth-order valence-corrected chi connectivity index (χ4v) is 4.34. The van der Waals surface area contributed by atoms with Crippen LogP contribution in [0.2, 0.25) is 0 Å². The number of amidine groups is 1. The summed E-state index contributed by atoms with van der Waals surface area (Å²) in [6.45, 7) is 0. The molecule has 0 radical (unpaired) electrons. The molecule has 30 heavy (non-hydrogen) atoms. The Morgan fingerprint density at radius 3 is 1.97 bits per heavy atom. The average Bonchev–Trinajstić information content (AvgIpc) is 3.23. The molecule has 4 rings (SSSR count). The highest BCUT2D eigenvalue weighted by Gasteiger charge is 2.31. The van der Waals surface area contributed by atoms with E-state index in [0.29, 0.717) is 0 Å². The Labute approximate surface area is 188 Å². The standard InChI is InChI=1S/C24H24N2O2S.ClH/c1-27-20-13-17(14-21(15-20)28-2)16-29-24-25-22(18-9-5-3-6-10-18)23(26-24)19-11-7-4-8-12-19;/h3-15,22-23H,16H2,1-2H3,(H,25,26);1H/t22-,23+;. The number of halogens is 1. The first-order valence-corrected chi connectivity index (χ1v) is 10.5. The zero-order valence-electron chi connectivity index (χ0n) is 16.9. The third-order valence-electron chi connectivity index (χ3n) is 4.94. The Bertz CT molecular complexity index is 961. The van der Waals surface area contributed by atoms with E-state index in [9.17, 15) is 0 Å². The molecule has 0 unspecified atom stereocenters. The molecule has 0 saturated heterocycles. The van der Waals surface area contributed by atoms with E-state index >= 15 is 0 Å². The maximum absolute atomic E-state index is 5.38. The fourth-order valence-electron chi connectivity index (χ4n) is 3.47. The van der Waals surface area contributed by atoms with Crippen LogP contribution in [0.4, 0.5) is 0 Å². The Balaban J connectivity index is 0.00000256. The van der Waals surface area contributed by atoms with E-state index in [1.807, 2.05) is 30.3 Å². The van der Waals surface area contributed by atoms with Gasteiger partial charge in [-0.1, -0.05) is 72.4 Å². The maximum atomic E-state index is 5.38. The molecule has 0 spiro atoms. The minimum Gasteiger partial charge on any atom is -0.497 e. The van der Waals surface area contributed by atoms with E-state index in [2.05, 4.69) is 53.8 Å². The van der Waals surface area contributed by atoms with Gasteiger partial charge in [-0.25, -0.2) is 0 Å². The number of rotatable bonds is 6. The minimum absolute atomic E-state index is 0. The normalized spacial score (nSPS) is 17.5. The first kappa shape index (κ1) is 22.1. The van der Waals surface area contributed by atoms with Crippen molar-refractivity contribution in [1.82, 2.24) is 5.32 Å². The number of methoxy groups -OCH3 is 2. The number of nitrogens with one attached hydrogen (secondary N) is 1. The van der Waals surface area contributed by atoms with E-state index < -0.39 is 0 Å². The minimum atomic E-state index is 0. The van der Waals surface area contributed by atoms with Crippen LogP contribution in [0.5, 0.6) is 11.5 Å². The molecule has 4 nitrogen and oxygen atoms in total. The van der Waals surface area contributed by atoms with Gasteiger partial charge in [0.15, 0.2) is 5.17 Å². The van der Waals surface area contributed by atoms with E-state index in [1.165, 1.54) is 11.1 Å². The molecule has 1 aliphatic rings. The van der Waals surface area contributed by atoms with Crippen molar-refractivity contribution >= 4 is 29.3 Å². The summed E-state index contributed by atoms with van der Waals surface area (Å²) in [7, 11) is 3.34. The number of hydrogen-bond donors (Lipinski definition) is 1. The first-order chi connectivity index (χ1) is 14.3. The van der Waals surface area contributed by atoms with Crippen molar-refractivity contribution in [2.75, 3.05) is 14.2 Å². The summed E-state index contributed by atoms with van der Waals surface area (Å²) in [6.07, 6.45) is 0. The Morgan fingerprint density at radius 1 is 0.833 bits per heavy atom. The first-order valence-electron chi connectivity index (χ1n) is 9.56. The van der Waals surface area contributed by atoms with Gasteiger partial charge in [0.2, 0.25) is 0 Å². The van der Waals surface area contributed by atoms with Crippen LogP contribution in [0.3, 0.4) is 0 Å². The maximum Gasteiger partial charge on any atom is 0.158 e. The second-order valence-corrected chi connectivity index (χ2v) is 7.80. The quantitative estimate of drug-likeness (QED) is 0.526. The summed E-state index contributed by atoms with van der Waals surface area (Å²) >= 11 is 1.70. The van der Waals surface area contributed by atoms with Gasteiger partial charge in [-0.2, -0.15) is 0 Å². The van der Waals surface area contributed by atoms with Crippen LogP contribution in [0, 0.1) is 0 Å². The van der Waals surface area contributed by atoms with Crippen LogP contribution in [-0.4, -0.2) is 19.4 Å². The Morgan fingerprint density at radius 2 is 1.40 bits per heavy atom. The molecule has 1 heterocycles. The molecular weight excluding hydrogens is 416 g/mol. The topological polar surface area (TPSA) is 42.8 Å². The van der Waals surface area contributed by atoms with Crippen LogP contribution in [-0.2, 0) is 5.75 Å². The van der Waals surface area contributed by atoms with Crippen LogP contribution < -0.4 is 14.8 Å². The lowest BCUT2D eigenvalue weighted by molar-refractivity contribution is 0.393. The van der Waals surface area contributed by atoms with Gasteiger partial charge >= 0.3 is 0 Å². The number of benzene rings is 3. The number of ether oxygens (including phenoxy) is 2. The third-order valence-corrected chi connectivity index (χ3v) is 5.91. The SMILES string of the molecule is COc1cc(CSC2=N[C@H](c3ccccc3)[C@H](c3ccccc3)N2)cc(OC)c1.Cl. The molecular formula is C24H25ClN2O2S. The van der Waals surface area contributed by atoms with Crippen LogP contribution in [0.25, 0.3) is 0 Å². The smallest absolute Gasteiger partial charge is 0.158 e. The lowest BCUT2D eigenvalue weighted by Gasteiger charge is -2.19. The van der Waals surface area contributed by atoms with Gasteiger partial charge in [0.25, 0.3) is 0 Å². The molecule has 156 valence electrons. The predicted molar refractivity (Wildman–Crippen MR) is 127 cm³/mol. The zero-order valence-corrected chi connectivity index (χ0v) is 18.6. The van der Waals surface area contributed by atoms with E-state index in [1.54, 1.807) is 26.0 Å². The molecule has 6 heteroatoms. The summed E-state index contributed by atoms with van der Waals surface area (Å²) in [5, 5.41) is 4.59.